The van der Waals surface area contributed by atoms with Crippen LogP contribution in [-0.2, 0) is 19.9 Å². The number of morpholine rings is 1. The van der Waals surface area contributed by atoms with Crippen LogP contribution in [0.2, 0.25) is 0 Å². The number of hydrogen-bond donors (Lipinski definition) is 2. The van der Waals surface area contributed by atoms with Crippen LogP contribution in [0.3, 0.4) is 0 Å². The molecule has 2 aromatic rings. The summed E-state index contributed by atoms with van der Waals surface area (Å²) in [5.74, 6) is -0.946. The van der Waals surface area contributed by atoms with Crippen LogP contribution < -0.4 is 5.73 Å². The number of nitrogens with two attached hydrogens (primary N) is 1. The Kier molecular flexibility index (Phi) is 9.74. The molecule has 6 nitrogen and oxygen atoms in total. The zero-order valence-electron chi connectivity index (χ0n) is 20.6. The predicted octanol–water partition coefficient (Wildman–Crippen LogP) is 3.91. The molecular formula is C27H36F2N2O4. The first-order valence-electron chi connectivity index (χ1n) is 12.2. The number of halogens is 2. The minimum Gasteiger partial charge on any atom is -0.385 e. The lowest BCUT2D eigenvalue weighted by atomic mass is 9.78. The van der Waals surface area contributed by atoms with Crippen molar-refractivity contribution >= 4 is 5.91 Å². The van der Waals surface area contributed by atoms with E-state index in [0.29, 0.717) is 62.1 Å². The van der Waals surface area contributed by atoms with Crippen LogP contribution in [-0.4, -0.2) is 62.0 Å². The van der Waals surface area contributed by atoms with Crippen molar-refractivity contribution in [2.24, 2.45) is 5.73 Å². The van der Waals surface area contributed by atoms with Gasteiger partial charge >= 0.3 is 0 Å². The van der Waals surface area contributed by atoms with E-state index in [4.69, 9.17) is 15.2 Å². The Morgan fingerprint density at radius 3 is 2.74 bits per heavy atom. The normalized spacial score (nSPS) is 17.9. The lowest BCUT2D eigenvalue weighted by Crippen LogP contribution is -2.54. The fourth-order valence-corrected chi connectivity index (χ4v) is 4.66. The van der Waals surface area contributed by atoms with Gasteiger partial charge in [-0.1, -0.05) is 18.2 Å². The molecule has 1 heterocycles. The first kappa shape index (κ1) is 27.2. The number of ether oxygens (including phenoxy) is 2. The van der Waals surface area contributed by atoms with Crippen molar-refractivity contribution in [2.45, 2.75) is 50.7 Å². The predicted molar refractivity (Wildman–Crippen MR) is 131 cm³/mol. The van der Waals surface area contributed by atoms with E-state index in [0.717, 1.165) is 0 Å². The Morgan fingerprint density at radius 2 is 2.03 bits per heavy atom. The number of aryl methyl sites for hydroxylation is 1. The first-order valence-corrected chi connectivity index (χ1v) is 12.2. The van der Waals surface area contributed by atoms with Crippen LogP contribution in [0.25, 0.3) is 11.1 Å². The number of hydrogen-bond acceptors (Lipinski definition) is 5. The van der Waals surface area contributed by atoms with E-state index < -0.39 is 17.5 Å². The van der Waals surface area contributed by atoms with Gasteiger partial charge in [-0.05, 0) is 74.0 Å². The first-order chi connectivity index (χ1) is 16.8. The average Bonchev–Trinajstić information content (AvgIpc) is 2.86. The summed E-state index contributed by atoms with van der Waals surface area (Å²) >= 11 is 0. The largest absolute Gasteiger partial charge is 0.385 e. The van der Waals surface area contributed by atoms with Gasteiger partial charge in [0.05, 0.1) is 13.2 Å². The van der Waals surface area contributed by atoms with Crippen LogP contribution >= 0.6 is 0 Å². The summed E-state index contributed by atoms with van der Waals surface area (Å²) in [6.45, 7) is 3.44. The summed E-state index contributed by atoms with van der Waals surface area (Å²) in [7, 11) is 1.61. The number of methoxy groups -OCH3 is 1. The maximum Gasteiger partial charge on any atom is 0.222 e. The number of unbranched alkanes of at least 4 members (excludes halogenated alkanes) is 1. The second-order valence-corrected chi connectivity index (χ2v) is 9.09. The third-order valence-corrected chi connectivity index (χ3v) is 6.63. The maximum absolute atomic E-state index is 15.3. The van der Waals surface area contributed by atoms with Crippen molar-refractivity contribution in [3.63, 3.8) is 0 Å². The van der Waals surface area contributed by atoms with E-state index in [1.54, 1.807) is 37.1 Å². The van der Waals surface area contributed by atoms with Crippen molar-refractivity contribution < 1.29 is 28.2 Å². The fourth-order valence-electron chi connectivity index (χ4n) is 4.66. The van der Waals surface area contributed by atoms with Gasteiger partial charge in [-0.15, -0.1) is 0 Å². The summed E-state index contributed by atoms with van der Waals surface area (Å²) < 4.78 is 40.5. The van der Waals surface area contributed by atoms with Crippen LogP contribution in [0.4, 0.5) is 8.78 Å². The van der Waals surface area contributed by atoms with Gasteiger partial charge in [0.2, 0.25) is 5.91 Å². The van der Waals surface area contributed by atoms with Crippen molar-refractivity contribution in [1.82, 2.24) is 4.90 Å². The highest BCUT2D eigenvalue weighted by Gasteiger charge is 2.44. The molecule has 192 valence electrons. The molecule has 0 unspecified atom stereocenters. The van der Waals surface area contributed by atoms with Gasteiger partial charge in [0, 0.05) is 32.2 Å². The van der Waals surface area contributed by atoms with Gasteiger partial charge in [0.1, 0.15) is 23.3 Å². The van der Waals surface area contributed by atoms with Crippen LogP contribution in [0.1, 0.15) is 43.2 Å². The molecule has 0 aliphatic carbocycles. The van der Waals surface area contributed by atoms with Crippen molar-refractivity contribution in [3.8, 4) is 11.1 Å². The number of rotatable bonds is 11. The molecule has 1 fully saturated rings. The molecule has 3 N–H and O–H groups in total. The third kappa shape index (κ3) is 6.44. The number of nitrogens with zero attached hydrogens (tertiary/aromatic N) is 1. The molecule has 2 aromatic carbocycles. The lowest BCUT2D eigenvalue weighted by molar-refractivity contribution is -0.165. The molecule has 0 aromatic heterocycles. The van der Waals surface area contributed by atoms with Gasteiger partial charge in [-0.3, -0.25) is 4.79 Å². The molecule has 0 radical (unpaired) electrons. The molecule has 8 heteroatoms. The number of benzene rings is 2. The number of carbonyl (C=O) groups is 1. The van der Waals surface area contributed by atoms with Crippen LogP contribution in [0.5, 0.6) is 0 Å². The Hall–Kier alpha value is -2.39. The lowest BCUT2D eigenvalue weighted by Gasteiger charge is -2.43. The summed E-state index contributed by atoms with van der Waals surface area (Å²) in [4.78, 5) is 14.4. The standard InChI is InChI=1S/C27H36F2N2O4/c1-19-17-20(10-11-22(19)28)26-21(7-5-8-23(26)29)27(33,12-3-4-15-34-2)24-18-31(14-16-35-24)25(32)9-6-13-30/h5,7-8,10-11,17,24,33H,3-4,6,9,12-16,18,30H2,1-2H3/t24-,27-/m1/s1. The zero-order chi connectivity index (χ0) is 25.4. The minimum absolute atomic E-state index is 0.0425. The van der Waals surface area contributed by atoms with E-state index in [-0.39, 0.29) is 36.9 Å². The molecule has 1 amide bonds. The molecule has 2 atom stereocenters. The highest BCUT2D eigenvalue weighted by Crippen LogP contribution is 2.41. The fraction of sp³-hybridized carbons (Fsp3) is 0.519. The van der Waals surface area contributed by atoms with Gasteiger partial charge in [0.25, 0.3) is 0 Å². The van der Waals surface area contributed by atoms with Crippen LogP contribution in [0, 0.1) is 18.6 Å². The second kappa shape index (κ2) is 12.5. The molecule has 1 saturated heterocycles. The van der Waals surface area contributed by atoms with E-state index >= 15 is 4.39 Å². The Morgan fingerprint density at radius 1 is 1.23 bits per heavy atom. The minimum atomic E-state index is -1.58. The summed E-state index contributed by atoms with van der Waals surface area (Å²) in [5.41, 5.74) is 5.40. The summed E-state index contributed by atoms with van der Waals surface area (Å²) in [5, 5.41) is 12.2. The zero-order valence-corrected chi connectivity index (χ0v) is 20.6. The Balaban J connectivity index is 2.03. The number of carbonyl (C=O) groups excluding carboxylic acids is 1. The van der Waals surface area contributed by atoms with Crippen molar-refractivity contribution in [3.05, 3.63) is 59.2 Å². The summed E-state index contributed by atoms with van der Waals surface area (Å²) in [6, 6.07) is 8.96. The smallest absolute Gasteiger partial charge is 0.222 e. The van der Waals surface area contributed by atoms with E-state index in [2.05, 4.69) is 0 Å². The van der Waals surface area contributed by atoms with Crippen molar-refractivity contribution in [1.29, 1.82) is 0 Å². The SMILES string of the molecule is COCCCC[C@@](O)(c1cccc(F)c1-c1ccc(F)c(C)c1)[C@H]1CN(C(=O)CCCN)CCO1. The molecule has 1 aliphatic rings. The van der Waals surface area contributed by atoms with Crippen LogP contribution in [0.15, 0.2) is 36.4 Å². The highest BCUT2D eigenvalue weighted by atomic mass is 19.1. The monoisotopic (exact) mass is 490 g/mol. The molecule has 1 aliphatic heterocycles. The second-order valence-electron chi connectivity index (χ2n) is 9.09. The molecule has 0 saturated carbocycles. The summed E-state index contributed by atoms with van der Waals surface area (Å²) in [6.07, 6.45) is 1.73. The molecule has 35 heavy (non-hydrogen) atoms. The molecule has 3 rings (SSSR count). The maximum atomic E-state index is 15.3. The van der Waals surface area contributed by atoms with Gasteiger partial charge in [-0.2, -0.15) is 0 Å². The third-order valence-electron chi connectivity index (χ3n) is 6.63. The molecule has 0 spiro atoms. The van der Waals surface area contributed by atoms with E-state index in [9.17, 15) is 14.3 Å². The highest BCUT2D eigenvalue weighted by molar-refractivity contribution is 5.76. The van der Waals surface area contributed by atoms with Gasteiger partial charge in [0.15, 0.2) is 0 Å². The van der Waals surface area contributed by atoms with E-state index in [1.807, 2.05) is 0 Å². The Labute approximate surface area is 206 Å². The quantitative estimate of drug-likeness (QED) is 0.467. The topological polar surface area (TPSA) is 85.0 Å². The molecular weight excluding hydrogens is 454 g/mol. The Bertz CT molecular complexity index is 1000. The van der Waals surface area contributed by atoms with Crippen molar-refractivity contribution in [2.75, 3.05) is 40.0 Å². The number of amides is 1. The number of aliphatic hydroxyl groups is 1. The van der Waals surface area contributed by atoms with E-state index in [1.165, 1.54) is 18.2 Å². The average molecular weight is 491 g/mol. The van der Waals surface area contributed by atoms with Gasteiger partial charge in [-0.25, -0.2) is 8.78 Å². The van der Waals surface area contributed by atoms with Gasteiger partial charge < -0.3 is 25.2 Å². The molecule has 0 bridgehead atoms.